The predicted molar refractivity (Wildman–Crippen MR) is 179 cm³/mol. The van der Waals surface area contributed by atoms with E-state index in [1.54, 1.807) is 0 Å². The Hall–Kier alpha value is -4.59. The molecule has 4 aromatic rings. The molecule has 2 aromatic heterocycles. The summed E-state index contributed by atoms with van der Waals surface area (Å²) in [6, 6.07) is 6.66. The van der Waals surface area contributed by atoms with E-state index in [9.17, 15) is 19.2 Å². The normalized spacial score (nSPS) is 17.9. The number of hydrogen-bond acceptors (Lipinski definition) is 7. The number of ether oxygens (including phenoxy) is 1. The number of aromatic nitrogens is 3. The number of anilines is 1. The largest absolute Gasteiger partial charge is 0.481 e. The van der Waals surface area contributed by atoms with Gasteiger partial charge in [-0.3, -0.25) is 23.9 Å². The maximum Gasteiger partial charge on any atom is 0.330 e. The number of carbonyl (C=O) groups is 2. The molecule has 1 aliphatic carbocycles. The molecule has 2 aromatic carbocycles. The molecule has 2 aliphatic heterocycles. The molecule has 1 atom stereocenters. The van der Waals surface area contributed by atoms with E-state index in [-0.39, 0.29) is 44.3 Å². The van der Waals surface area contributed by atoms with Crippen LogP contribution < -0.4 is 26.6 Å². The summed E-state index contributed by atoms with van der Waals surface area (Å²) in [7, 11) is 4.13. The molecular weight excluding hydrogens is 681 g/mol. The number of amides is 2. The molecule has 2 saturated heterocycles. The Morgan fingerprint density at radius 1 is 1.04 bits per heavy atom. The van der Waals surface area contributed by atoms with Crippen molar-refractivity contribution in [1.29, 1.82) is 0 Å². The lowest BCUT2D eigenvalue weighted by Gasteiger charge is -2.50. The highest BCUT2D eigenvalue weighted by Crippen LogP contribution is 2.48. The zero-order valence-corrected chi connectivity index (χ0v) is 28.1. The van der Waals surface area contributed by atoms with E-state index in [2.05, 4.69) is 15.5 Å². The van der Waals surface area contributed by atoms with Crippen LogP contribution in [0.5, 0.6) is 5.88 Å². The van der Waals surface area contributed by atoms with Crippen LogP contribution in [0.1, 0.15) is 46.8 Å². The summed E-state index contributed by atoms with van der Waals surface area (Å²) >= 11 is 13.4. The van der Waals surface area contributed by atoms with Crippen molar-refractivity contribution in [3.8, 4) is 28.3 Å². The van der Waals surface area contributed by atoms with Gasteiger partial charge in [-0.15, -0.1) is 0 Å². The Bertz CT molecular complexity index is 2210. The number of pyridine rings is 1. The molecule has 3 aliphatic rings. The number of halogens is 4. The lowest BCUT2D eigenvalue weighted by molar-refractivity contribution is -0.121. The molecule has 0 bridgehead atoms. The van der Waals surface area contributed by atoms with Gasteiger partial charge in [-0.05, 0) is 55.2 Å². The zero-order chi connectivity index (χ0) is 34.9. The SMILES string of the molecule is COc1nc(-c2ccc(F)c(-c3c(F)ccc(NC(=O)c4cn(C)c(=O)n(C)c4=O)c3Cl)c2Cl)cc2c1[C@@H](N1CC3(CCC(=O)N3)C1)CC2. The second-order valence-electron chi connectivity index (χ2n) is 12.7. The van der Waals surface area contributed by atoms with Gasteiger partial charge in [-0.2, -0.15) is 0 Å². The molecule has 1 spiro atoms. The van der Waals surface area contributed by atoms with Crippen LogP contribution in [-0.2, 0) is 25.3 Å². The second-order valence-corrected chi connectivity index (χ2v) is 13.5. The topological polar surface area (TPSA) is 128 Å². The first kappa shape index (κ1) is 32.9. The predicted octanol–water partition coefficient (Wildman–Crippen LogP) is 4.61. The van der Waals surface area contributed by atoms with Crippen LogP contribution in [0.15, 0.2) is 46.1 Å². The maximum atomic E-state index is 15.6. The smallest absolute Gasteiger partial charge is 0.330 e. The fraction of sp³-hybridized carbons (Fsp3) is 0.324. The summed E-state index contributed by atoms with van der Waals surface area (Å²) < 4.78 is 38.7. The third-order valence-electron chi connectivity index (χ3n) is 9.66. The number of rotatable bonds is 6. The molecule has 2 amide bonds. The van der Waals surface area contributed by atoms with Crippen LogP contribution in [0.2, 0.25) is 10.0 Å². The van der Waals surface area contributed by atoms with Gasteiger partial charge in [-0.25, -0.2) is 18.6 Å². The number of nitrogens with zero attached hydrogens (tertiary/aromatic N) is 4. The summed E-state index contributed by atoms with van der Waals surface area (Å²) in [6.45, 7) is 1.49. The molecule has 0 saturated carbocycles. The molecule has 254 valence electrons. The highest BCUT2D eigenvalue weighted by atomic mass is 35.5. The van der Waals surface area contributed by atoms with Crippen molar-refractivity contribution in [3.05, 3.63) is 95.7 Å². The van der Waals surface area contributed by atoms with E-state index in [0.29, 0.717) is 23.6 Å². The van der Waals surface area contributed by atoms with Crippen molar-refractivity contribution in [3.63, 3.8) is 0 Å². The highest BCUT2D eigenvalue weighted by Gasteiger charge is 2.51. The summed E-state index contributed by atoms with van der Waals surface area (Å²) in [6.07, 6.45) is 3.99. The van der Waals surface area contributed by atoms with Gasteiger partial charge in [0.15, 0.2) is 0 Å². The Labute approximate surface area is 288 Å². The minimum atomic E-state index is -0.912. The van der Waals surface area contributed by atoms with Crippen molar-refractivity contribution < 1.29 is 23.1 Å². The average molecular weight is 712 g/mol. The summed E-state index contributed by atoms with van der Waals surface area (Å²) in [5.41, 5.74) is -0.255. The molecule has 49 heavy (non-hydrogen) atoms. The number of aryl methyl sites for hydroxylation is 2. The number of hydrogen-bond donors (Lipinski definition) is 2. The zero-order valence-electron chi connectivity index (χ0n) is 26.6. The van der Waals surface area contributed by atoms with Crippen molar-refractivity contribution >= 4 is 40.7 Å². The second kappa shape index (κ2) is 12.1. The van der Waals surface area contributed by atoms with Crippen LogP contribution >= 0.6 is 23.2 Å². The van der Waals surface area contributed by atoms with Crippen molar-refractivity contribution in [2.75, 3.05) is 25.5 Å². The summed E-state index contributed by atoms with van der Waals surface area (Å²) in [5.74, 6) is -2.22. The van der Waals surface area contributed by atoms with Crippen LogP contribution in [0.4, 0.5) is 14.5 Å². The maximum absolute atomic E-state index is 15.6. The average Bonchev–Trinajstić information content (AvgIpc) is 3.67. The van der Waals surface area contributed by atoms with E-state index in [4.69, 9.17) is 32.9 Å². The molecule has 2 fully saturated rings. The van der Waals surface area contributed by atoms with E-state index in [0.717, 1.165) is 70.9 Å². The van der Waals surface area contributed by atoms with Crippen LogP contribution in [0.3, 0.4) is 0 Å². The van der Waals surface area contributed by atoms with E-state index < -0.39 is 34.4 Å². The van der Waals surface area contributed by atoms with Gasteiger partial charge in [-0.1, -0.05) is 23.2 Å². The number of likely N-dealkylation sites (tertiary alicyclic amines) is 1. The quantitative estimate of drug-likeness (QED) is 0.299. The molecule has 0 radical (unpaired) electrons. The first-order valence-corrected chi connectivity index (χ1v) is 16.3. The number of carbonyl (C=O) groups excluding carboxylic acids is 2. The van der Waals surface area contributed by atoms with Crippen molar-refractivity contribution in [2.45, 2.75) is 37.3 Å². The highest BCUT2D eigenvalue weighted by molar-refractivity contribution is 6.39. The summed E-state index contributed by atoms with van der Waals surface area (Å²) in [5, 5.41) is 5.05. The van der Waals surface area contributed by atoms with E-state index in [1.165, 1.54) is 33.3 Å². The van der Waals surface area contributed by atoms with Gasteiger partial charge in [0, 0.05) is 68.1 Å². The first-order valence-electron chi connectivity index (χ1n) is 15.5. The van der Waals surface area contributed by atoms with Crippen LogP contribution in [0, 0.1) is 11.6 Å². The summed E-state index contributed by atoms with van der Waals surface area (Å²) in [4.78, 5) is 56.7. The van der Waals surface area contributed by atoms with Gasteiger partial charge in [0.1, 0.15) is 17.2 Å². The Kier molecular flexibility index (Phi) is 8.12. The Balaban J connectivity index is 1.23. The van der Waals surface area contributed by atoms with E-state index in [1.807, 2.05) is 6.07 Å². The van der Waals surface area contributed by atoms with Gasteiger partial charge < -0.3 is 19.9 Å². The minimum Gasteiger partial charge on any atom is -0.481 e. The standard InChI is InChI=1S/C34H30Cl2F2N6O5/c1-42-13-18(32(47)43(2)33(42)48)30(46)39-21-8-7-20(38)27(29(21)36)26-19(37)6-5-17(28(26)35)22-12-16-4-9-23(25(16)31(40-22)49-3)44-14-34(15-44)11-10-24(45)41-34/h5-8,12-13,23H,4,9-11,14-15H2,1-3H3,(H,39,46)(H,41,45)/t23-/m0/s1. The monoisotopic (exact) mass is 710 g/mol. The molecule has 0 unspecified atom stereocenters. The third kappa shape index (κ3) is 5.40. The van der Waals surface area contributed by atoms with Gasteiger partial charge in [0.05, 0.1) is 34.1 Å². The number of methoxy groups -OCH3 is 1. The number of fused-ring (bicyclic) bond motifs is 1. The molecule has 7 rings (SSSR count). The molecule has 15 heteroatoms. The van der Waals surface area contributed by atoms with Crippen LogP contribution in [0.25, 0.3) is 22.4 Å². The van der Waals surface area contributed by atoms with Crippen molar-refractivity contribution in [1.82, 2.24) is 24.3 Å². The first-order chi connectivity index (χ1) is 23.3. The van der Waals surface area contributed by atoms with Crippen molar-refractivity contribution in [2.24, 2.45) is 14.1 Å². The molecule has 11 nitrogen and oxygen atoms in total. The molecule has 2 N–H and O–H groups in total. The lowest BCUT2D eigenvalue weighted by atomic mass is 9.86. The Morgan fingerprint density at radius 3 is 2.41 bits per heavy atom. The minimum absolute atomic E-state index is 0.0562. The Morgan fingerprint density at radius 2 is 1.73 bits per heavy atom. The van der Waals surface area contributed by atoms with Gasteiger partial charge in [0.25, 0.3) is 11.5 Å². The lowest BCUT2D eigenvalue weighted by Crippen LogP contribution is -2.67. The number of benzene rings is 2. The fourth-order valence-corrected chi connectivity index (χ4v) is 7.85. The van der Waals surface area contributed by atoms with E-state index >= 15 is 8.78 Å². The molecule has 4 heterocycles. The number of nitrogens with one attached hydrogen (secondary N) is 2. The fourth-order valence-electron chi connectivity index (χ4n) is 7.21. The van der Waals surface area contributed by atoms with Gasteiger partial charge in [0.2, 0.25) is 11.8 Å². The molecular formula is C34H30Cl2F2N6O5. The van der Waals surface area contributed by atoms with Gasteiger partial charge >= 0.3 is 5.69 Å². The van der Waals surface area contributed by atoms with Crippen LogP contribution in [-0.4, -0.2) is 56.6 Å². The third-order valence-corrected chi connectivity index (χ3v) is 10.4.